The predicted molar refractivity (Wildman–Crippen MR) is 116 cm³/mol. The molecule has 0 saturated carbocycles. The first-order valence-corrected chi connectivity index (χ1v) is 10.7. The number of carbonyl (C=O) groups is 1. The van der Waals surface area contributed by atoms with Crippen LogP contribution >= 0.6 is 0 Å². The van der Waals surface area contributed by atoms with Gasteiger partial charge in [0.2, 0.25) is 5.91 Å². The molecule has 2 aromatic carbocycles. The predicted octanol–water partition coefficient (Wildman–Crippen LogP) is 5.43. The van der Waals surface area contributed by atoms with Crippen LogP contribution < -0.4 is 0 Å². The molecule has 4 rings (SSSR count). The third kappa shape index (κ3) is 4.76. The van der Waals surface area contributed by atoms with E-state index >= 15 is 0 Å². The minimum atomic E-state index is -0.257. The zero-order valence-electron chi connectivity index (χ0n) is 17.4. The molecular weight excluding hydrogens is 375 g/mol. The zero-order chi connectivity index (χ0) is 20.9. The van der Waals surface area contributed by atoms with E-state index in [-0.39, 0.29) is 17.8 Å². The smallest absolute Gasteiger partial charge is 0.223 e. The lowest BCUT2D eigenvalue weighted by molar-refractivity contribution is -0.134. The molecule has 3 aromatic rings. The molecule has 1 aliphatic carbocycles. The van der Waals surface area contributed by atoms with Crippen molar-refractivity contribution in [2.75, 3.05) is 0 Å². The van der Waals surface area contributed by atoms with E-state index in [9.17, 15) is 9.18 Å². The molecular formula is C26H27FN2O. The lowest BCUT2D eigenvalue weighted by Crippen LogP contribution is -2.33. The van der Waals surface area contributed by atoms with E-state index < -0.39 is 0 Å². The number of pyridine rings is 1. The second-order valence-electron chi connectivity index (χ2n) is 8.03. The van der Waals surface area contributed by atoms with E-state index in [4.69, 9.17) is 0 Å². The number of hydrogen-bond donors (Lipinski definition) is 0. The van der Waals surface area contributed by atoms with E-state index in [0.29, 0.717) is 19.4 Å². The van der Waals surface area contributed by atoms with Crippen LogP contribution in [0.2, 0.25) is 0 Å². The third-order valence-corrected chi connectivity index (χ3v) is 5.99. The van der Waals surface area contributed by atoms with Crippen molar-refractivity contribution in [3.63, 3.8) is 0 Å². The molecule has 0 radical (unpaired) electrons. The van der Waals surface area contributed by atoms with Gasteiger partial charge in [0.05, 0.1) is 18.3 Å². The standard InChI is InChI=1S/C26H27FN2O/c1-19(22-12-11-21-5-4-6-23(21)17-22)29(18-25-7-2-3-16-28-25)26(30)15-10-20-8-13-24(27)14-9-20/h2-3,7-9,11-14,16-17,19H,4-6,10,15,18H2,1H3. The van der Waals surface area contributed by atoms with Gasteiger partial charge in [0, 0.05) is 12.6 Å². The van der Waals surface area contributed by atoms with Gasteiger partial charge in [-0.1, -0.05) is 36.4 Å². The molecule has 1 amide bonds. The normalized spacial score (nSPS) is 13.7. The fraction of sp³-hybridized carbons (Fsp3) is 0.308. The van der Waals surface area contributed by atoms with Crippen LogP contribution in [0, 0.1) is 5.82 Å². The average Bonchev–Trinajstić information content (AvgIpc) is 3.25. The van der Waals surface area contributed by atoms with Crippen LogP contribution in [0.5, 0.6) is 0 Å². The Hall–Kier alpha value is -3.01. The lowest BCUT2D eigenvalue weighted by Gasteiger charge is -2.30. The van der Waals surface area contributed by atoms with Crippen LogP contribution in [-0.4, -0.2) is 15.8 Å². The molecule has 4 heteroatoms. The summed E-state index contributed by atoms with van der Waals surface area (Å²) in [6, 6.07) is 18.8. The molecule has 3 nitrogen and oxygen atoms in total. The number of aromatic nitrogens is 1. The molecule has 1 unspecified atom stereocenters. The fourth-order valence-electron chi connectivity index (χ4n) is 4.18. The van der Waals surface area contributed by atoms with Crippen LogP contribution in [0.25, 0.3) is 0 Å². The molecule has 30 heavy (non-hydrogen) atoms. The van der Waals surface area contributed by atoms with Crippen molar-refractivity contribution < 1.29 is 9.18 Å². The van der Waals surface area contributed by atoms with Crippen LogP contribution in [0.4, 0.5) is 4.39 Å². The molecule has 0 aliphatic heterocycles. The number of aryl methyl sites for hydroxylation is 3. The minimum Gasteiger partial charge on any atom is -0.330 e. The Morgan fingerprint density at radius 2 is 1.87 bits per heavy atom. The highest BCUT2D eigenvalue weighted by Gasteiger charge is 2.23. The largest absolute Gasteiger partial charge is 0.330 e. The number of halogens is 1. The first kappa shape index (κ1) is 20.3. The molecule has 0 saturated heterocycles. The molecule has 1 atom stereocenters. The van der Waals surface area contributed by atoms with Crippen LogP contribution in [0.3, 0.4) is 0 Å². The van der Waals surface area contributed by atoms with Gasteiger partial charge in [0.1, 0.15) is 5.82 Å². The molecule has 154 valence electrons. The minimum absolute atomic E-state index is 0.0429. The van der Waals surface area contributed by atoms with Gasteiger partial charge in [0.25, 0.3) is 0 Å². The van der Waals surface area contributed by atoms with Gasteiger partial charge in [-0.2, -0.15) is 0 Å². The summed E-state index contributed by atoms with van der Waals surface area (Å²) in [5.41, 5.74) is 5.86. The average molecular weight is 403 g/mol. The first-order valence-electron chi connectivity index (χ1n) is 10.7. The zero-order valence-corrected chi connectivity index (χ0v) is 17.4. The van der Waals surface area contributed by atoms with Crippen LogP contribution in [0.15, 0.2) is 66.9 Å². The summed E-state index contributed by atoms with van der Waals surface area (Å²) < 4.78 is 13.2. The second-order valence-corrected chi connectivity index (χ2v) is 8.03. The number of carbonyl (C=O) groups excluding carboxylic acids is 1. The second kappa shape index (κ2) is 9.21. The molecule has 1 heterocycles. The molecule has 0 bridgehead atoms. The van der Waals surface area contributed by atoms with Crippen LogP contribution in [-0.2, 0) is 30.6 Å². The van der Waals surface area contributed by atoms with Crippen molar-refractivity contribution in [2.24, 2.45) is 0 Å². The van der Waals surface area contributed by atoms with Crippen molar-refractivity contribution in [3.05, 3.63) is 101 Å². The topological polar surface area (TPSA) is 33.2 Å². The van der Waals surface area contributed by atoms with Crippen molar-refractivity contribution in [3.8, 4) is 0 Å². The van der Waals surface area contributed by atoms with Crippen molar-refractivity contribution in [1.29, 1.82) is 0 Å². The number of benzene rings is 2. The van der Waals surface area contributed by atoms with E-state index in [0.717, 1.165) is 24.1 Å². The van der Waals surface area contributed by atoms with Crippen molar-refractivity contribution >= 4 is 5.91 Å². The highest BCUT2D eigenvalue weighted by molar-refractivity contribution is 5.77. The molecule has 0 N–H and O–H groups in total. The number of nitrogens with zero attached hydrogens (tertiary/aromatic N) is 2. The van der Waals surface area contributed by atoms with Gasteiger partial charge in [-0.05, 0) is 79.1 Å². The summed E-state index contributed by atoms with van der Waals surface area (Å²) >= 11 is 0. The lowest BCUT2D eigenvalue weighted by atomic mass is 10.00. The molecule has 1 aliphatic rings. The maximum atomic E-state index is 13.3. The molecule has 1 aromatic heterocycles. The summed E-state index contributed by atoms with van der Waals surface area (Å²) in [4.78, 5) is 19.6. The van der Waals surface area contributed by atoms with Gasteiger partial charge in [-0.3, -0.25) is 9.78 Å². The van der Waals surface area contributed by atoms with E-state index in [1.54, 1.807) is 18.3 Å². The van der Waals surface area contributed by atoms with Gasteiger partial charge >= 0.3 is 0 Å². The number of rotatable bonds is 7. The summed E-state index contributed by atoms with van der Waals surface area (Å²) in [5, 5.41) is 0. The summed E-state index contributed by atoms with van der Waals surface area (Å²) in [6.07, 6.45) is 6.22. The number of amides is 1. The first-order chi connectivity index (χ1) is 14.6. The Balaban J connectivity index is 1.53. The maximum absolute atomic E-state index is 13.3. The number of fused-ring (bicyclic) bond motifs is 1. The van der Waals surface area contributed by atoms with E-state index in [1.165, 1.54) is 35.2 Å². The monoisotopic (exact) mass is 402 g/mol. The van der Waals surface area contributed by atoms with Gasteiger partial charge in [-0.25, -0.2) is 4.39 Å². The maximum Gasteiger partial charge on any atom is 0.223 e. The van der Waals surface area contributed by atoms with E-state index in [1.807, 2.05) is 23.1 Å². The van der Waals surface area contributed by atoms with Crippen LogP contribution in [0.1, 0.15) is 53.8 Å². The highest BCUT2D eigenvalue weighted by atomic mass is 19.1. The van der Waals surface area contributed by atoms with E-state index in [2.05, 4.69) is 30.1 Å². The summed E-state index contributed by atoms with van der Waals surface area (Å²) in [6.45, 7) is 2.57. The number of hydrogen-bond acceptors (Lipinski definition) is 2. The van der Waals surface area contributed by atoms with Gasteiger partial charge in [-0.15, -0.1) is 0 Å². The van der Waals surface area contributed by atoms with Gasteiger partial charge in [0.15, 0.2) is 0 Å². The Morgan fingerprint density at radius 3 is 2.63 bits per heavy atom. The Morgan fingerprint density at radius 1 is 1.07 bits per heavy atom. The SMILES string of the molecule is CC(c1ccc2c(c1)CCC2)N(Cc1ccccn1)C(=O)CCc1ccc(F)cc1. The van der Waals surface area contributed by atoms with Crippen molar-refractivity contribution in [1.82, 2.24) is 9.88 Å². The Labute approximate surface area is 177 Å². The molecule has 0 spiro atoms. The quantitative estimate of drug-likeness (QED) is 0.528. The van der Waals surface area contributed by atoms with Crippen molar-refractivity contribution in [2.45, 2.75) is 51.6 Å². The Bertz CT molecular complexity index is 1000. The fourth-order valence-corrected chi connectivity index (χ4v) is 4.18. The Kier molecular flexibility index (Phi) is 6.22. The third-order valence-electron chi connectivity index (χ3n) is 5.99. The summed E-state index contributed by atoms with van der Waals surface area (Å²) in [5.74, 6) is -0.176. The highest BCUT2D eigenvalue weighted by Crippen LogP contribution is 2.29. The molecule has 0 fully saturated rings. The van der Waals surface area contributed by atoms with Gasteiger partial charge < -0.3 is 4.90 Å². The summed E-state index contributed by atoms with van der Waals surface area (Å²) in [7, 11) is 0.